The topological polar surface area (TPSA) is 55.9 Å². The molecule has 170 valence electrons. The van der Waals surface area contributed by atoms with Crippen molar-refractivity contribution in [3.8, 4) is 0 Å². The first-order chi connectivity index (χ1) is 15.4. The zero-order chi connectivity index (χ0) is 22.7. The number of nitrogens with zero attached hydrogens (tertiary/aromatic N) is 3. The molecule has 0 spiro atoms. The molecule has 2 fully saturated rings. The maximum absolute atomic E-state index is 14.2. The Hall–Kier alpha value is -2.84. The highest BCUT2D eigenvalue weighted by Crippen LogP contribution is 2.28. The minimum atomic E-state index is -0.809. The van der Waals surface area contributed by atoms with Crippen molar-refractivity contribution in [1.82, 2.24) is 15.1 Å². The number of halogens is 2. The van der Waals surface area contributed by atoms with Crippen molar-refractivity contribution in [2.75, 3.05) is 51.2 Å². The number of rotatable bonds is 6. The van der Waals surface area contributed by atoms with Crippen molar-refractivity contribution in [1.29, 1.82) is 0 Å². The summed E-state index contributed by atoms with van der Waals surface area (Å²) in [5.41, 5.74) is 1.01. The summed E-state index contributed by atoms with van der Waals surface area (Å²) in [5, 5.41) is 3.12. The molecular weight excluding hydrogens is 414 g/mol. The molecule has 6 nitrogen and oxygen atoms in total. The number of piperazine rings is 1. The molecule has 0 saturated carbocycles. The molecule has 2 heterocycles. The van der Waals surface area contributed by atoms with E-state index in [4.69, 9.17) is 0 Å². The molecule has 32 heavy (non-hydrogen) atoms. The molecule has 0 aromatic heterocycles. The van der Waals surface area contributed by atoms with E-state index < -0.39 is 17.6 Å². The maximum atomic E-state index is 14.2. The van der Waals surface area contributed by atoms with Gasteiger partial charge in [-0.2, -0.15) is 0 Å². The highest BCUT2D eigenvalue weighted by Gasteiger charge is 2.37. The van der Waals surface area contributed by atoms with Gasteiger partial charge in [-0.25, -0.2) is 8.78 Å². The minimum Gasteiger partial charge on any atom is -0.348 e. The third-order valence-electron chi connectivity index (χ3n) is 6.25. The van der Waals surface area contributed by atoms with Crippen LogP contribution in [0.5, 0.6) is 0 Å². The van der Waals surface area contributed by atoms with Crippen LogP contribution >= 0.6 is 0 Å². The summed E-state index contributed by atoms with van der Waals surface area (Å²) in [5.74, 6) is -2.68. The maximum Gasteiger partial charge on any atom is 0.227 e. The molecule has 2 amide bonds. The molecule has 2 aromatic rings. The number of carbonyl (C=O) groups excluding carboxylic acids is 2. The summed E-state index contributed by atoms with van der Waals surface area (Å²) in [4.78, 5) is 31.5. The molecular formula is C24H28F2N4O2. The van der Waals surface area contributed by atoms with Gasteiger partial charge >= 0.3 is 0 Å². The van der Waals surface area contributed by atoms with Crippen molar-refractivity contribution in [3.05, 3.63) is 65.7 Å². The predicted octanol–water partition coefficient (Wildman–Crippen LogP) is 2.42. The second-order valence-corrected chi connectivity index (χ2v) is 8.58. The summed E-state index contributed by atoms with van der Waals surface area (Å²) >= 11 is 0. The Morgan fingerprint density at radius 2 is 1.81 bits per heavy atom. The Bertz CT molecular complexity index is 964. The van der Waals surface area contributed by atoms with E-state index in [9.17, 15) is 18.4 Å². The van der Waals surface area contributed by atoms with E-state index in [0.29, 0.717) is 6.54 Å². The van der Waals surface area contributed by atoms with Gasteiger partial charge < -0.3 is 15.1 Å². The van der Waals surface area contributed by atoms with Gasteiger partial charge in [0.05, 0.1) is 17.6 Å². The lowest BCUT2D eigenvalue weighted by atomic mass is 10.0. The van der Waals surface area contributed by atoms with Crippen molar-refractivity contribution >= 4 is 17.5 Å². The van der Waals surface area contributed by atoms with E-state index >= 15 is 0 Å². The SMILES string of the molecule is CN1CCN(CC(NC(=O)C2CC(=O)N(c3ccc(F)cc3F)C2)c2ccccc2)CC1. The van der Waals surface area contributed by atoms with E-state index in [-0.39, 0.29) is 36.5 Å². The van der Waals surface area contributed by atoms with E-state index in [0.717, 1.165) is 43.9 Å². The second kappa shape index (κ2) is 9.75. The second-order valence-electron chi connectivity index (χ2n) is 8.58. The lowest BCUT2D eigenvalue weighted by molar-refractivity contribution is -0.127. The molecule has 2 aliphatic rings. The van der Waals surface area contributed by atoms with Gasteiger partial charge in [0.2, 0.25) is 11.8 Å². The number of nitrogens with one attached hydrogen (secondary N) is 1. The standard InChI is InChI=1S/C24H28F2N4O2/c1-28-9-11-29(12-10-28)16-21(17-5-3-2-4-6-17)27-24(32)18-13-23(31)30(15-18)22-8-7-19(25)14-20(22)26/h2-8,14,18,21H,9-13,15-16H2,1H3,(H,27,32). The number of anilines is 1. The van der Waals surface area contributed by atoms with Crippen LogP contribution < -0.4 is 10.2 Å². The predicted molar refractivity (Wildman–Crippen MR) is 118 cm³/mol. The lowest BCUT2D eigenvalue weighted by Crippen LogP contribution is -2.48. The molecule has 4 rings (SSSR count). The number of amides is 2. The van der Waals surface area contributed by atoms with Gasteiger partial charge in [-0.1, -0.05) is 30.3 Å². The minimum absolute atomic E-state index is 0.00132. The summed E-state index contributed by atoms with van der Waals surface area (Å²) in [7, 11) is 2.10. The fraction of sp³-hybridized carbons (Fsp3) is 0.417. The molecule has 2 atom stereocenters. The van der Waals surface area contributed by atoms with Crippen LogP contribution in [0.1, 0.15) is 18.0 Å². The summed E-state index contributed by atoms with van der Waals surface area (Å²) < 4.78 is 27.4. The van der Waals surface area contributed by atoms with Crippen LogP contribution in [0.15, 0.2) is 48.5 Å². The van der Waals surface area contributed by atoms with Crippen LogP contribution in [-0.2, 0) is 9.59 Å². The van der Waals surface area contributed by atoms with Gasteiger partial charge in [-0.15, -0.1) is 0 Å². The van der Waals surface area contributed by atoms with Gasteiger partial charge in [0.1, 0.15) is 11.6 Å². The zero-order valence-electron chi connectivity index (χ0n) is 18.1. The van der Waals surface area contributed by atoms with Crippen LogP contribution in [0.25, 0.3) is 0 Å². The lowest BCUT2D eigenvalue weighted by Gasteiger charge is -2.35. The quantitative estimate of drug-likeness (QED) is 0.747. The van der Waals surface area contributed by atoms with E-state index in [1.807, 2.05) is 30.3 Å². The summed E-state index contributed by atoms with van der Waals surface area (Å²) in [6.07, 6.45) is -0.00132. The monoisotopic (exact) mass is 442 g/mol. The fourth-order valence-electron chi connectivity index (χ4n) is 4.31. The van der Waals surface area contributed by atoms with Gasteiger partial charge in [0.25, 0.3) is 0 Å². The largest absolute Gasteiger partial charge is 0.348 e. The van der Waals surface area contributed by atoms with Crippen molar-refractivity contribution in [3.63, 3.8) is 0 Å². The molecule has 0 bridgehead atoms. The molecule has 2 aromatic carbocycles. The zero-order valence-corrected chi connectivity index (χ0v) is 18.1. The molecule has 2 aliphatic heterocycles. The average molecular weight is 443 g/mol. The third-order valence-corrected chi connectivity index (χ3v) is 6.25. The Morgan fingerprint density at radius 3 is 2.50 bits per heavy atom. The Labute approximate surface area is 186 Å². The highest BCUT2D eigenvalue weighted by atomic mass is 19.1. The molecule has 0 radical (unpaired) electrons. The fourth-order valence-corrected chi connectivity index (χ4v) is 4.31. The number of hydrogen-bond donors (Lipinski definition) is 1. The van der Waals surface area contributed by atoms with Crippen LogP contribution in [0.4, 0.5) is 14.5 Å². The first-order valence-electron chi connectivity index (χ1n) is 10.9. The van der Waals surface area contributed by atoms with Crippen molar-refractivity contribution < 1.29 is 18.4 Å². The Kier molecular flexibility index (Phi) is 6.81. The average Bonchev–Trinajstić information content (AvgIpc) is 3.17. The molecule has 2 saturated heterocycles. The summed E-state index contributed by atoms with van der Waals surface area (Å²) in [6, 6.07) is 12.7. The van der Waals surface area contributed by atoms with E-state index in [1.165, 1.54) is 11.0 Å². The number of likely N-dealkylation sites (N-methyl/N-ethyl adjacent to an activating group) is 1. The highest BCUT2D eigenvalue weighted by molar-refractivity contribution is 6.00. The molecule has 1 N–H and O–H groups in total. The number of benzene rings is 2. The summed E-state index contributed by atoms with van der Waals surface area (Å²) in [6.45, 7) is 4.56. The van der Waals surface area contributed by atoms with E-state index in [1.54, 1.807) is 0 Å². The molecule has 2 unspecified atom stereocenters. The Balaban J connectivity index is 1.45. The van der Waals surface area contributed by atoms with Crippen molar-refractivity contribution in [2.24, 2.45) is 5.92 Å². The van der Waals surface area contributed by atoms with Crippen LogP contribution in [0, 0.1) is 17.6 Å². The Morgan fingerprint density at radius 1 is 1.09 bits per heavy atom. The van der Waals surface area contributed by atoms with Crippen LogP contribution in [0.3, 0.4) is 0 Å². The third kappa shape index (κ3) is 5.14. The normalized spacial score (nSPS) is 21.0. The van der Waals surface area contributed by atoms with E-state index in [2.05, 4.69) is 22.2 Å². The molecule has 0 aliphatic carbocycles. The van der Waals surface area contributed by atoms with Gasteiger partial charge in [0.15, 0.2) is 0 Å². The van der Waals surface area contributed by atoms with Gasteiger partial charge in [0, 0.05) is 51.8 Å². The van der Waals surface area contributed by atoms with Gasteiger partial charge in [-0.05, 0) is 24.7 Å². The first kappa shape index (κ1) is 22.4. The van der Waals surface area contributed by atoms with Crippen LogP contribution in [0.2, 0.25) is 0 Å². The smallest absolute Gasteiger partial charge is 0.227 e. The number of hydrogen-bond acceptors (Lipinski definition) is 4. The van der Waals surface area contributed by atoms with Crippen LogP contribution in [-0.4, -0.2) is 67.9 Å². The van der Waals surface area contributed by atoms with Gasteiger partial charge in [-0.3, -0.25) is 14.5 Å². The number of carbonyl (C=O) groups is 2. The van der Waals surface area contributed by atoms with Crippen molar-refractivity contribution in [2.45, 2.75) is 12.5 Å². The first-order valence-corrected chi connectivity index (χ1v) is 10.9. The molecule has 8 heteroatoms.